The van der Waals surface area contributed by atoms with Crippen LogP contribution < -0.4 is 15.5 Å². The van der Waals surface area contributed by atoms with E-state index < -0.39 is 0 Å². The first kappa shape index (κ1) is 17.5. The van der Waals surface area contributed by atoms with Crippen molar-refractivity contribution in [2.45, 2.75) is 38.7 Å². The van der Waals surface area contributed by atoms with Gasteiger partial charge in [0.1, 0.15) is 5.82 Å². The number of hydrogen-bond donors (Lipinski definition) is 2. The summed E-state index contributed by atoms with van der Waals surface area (Å²) in [5.74, 6) is 1.10. The van der Waals surface area contributed by atoms with Gasteiger partial charge in [-0.15, -0.1) is 0 Å². The molecule has 2 aliphatic heterocycles. The molecule has 0 amide bonds. The van der Waals surface area contributed by atoms with Gasteiger partial charge >= 0.3 is 0 Å². The summed E-state index contributed by atoms with van der Waals surface area (Å²) in [6.45, 7) is 6.01. The van der Waals surface area contributed by atoms with Crippen LogP contribution in [-0.2, 0) is 4.74 Å². The fourth-order valence-corrected chi connectivity index (χ4v) is 3.95. The third-order valence-corrected chi connectivity index (χ3v) is 5.45. The van der Waals surface area contributed by atoms with Crippen molar-refractivity contribution in [1.29, 1.82) is 0 Å². The molecule has 138 valence electrons. The van der Waals surface area contributed by atoms with Gasteiger partial charge in [0.2, 0.25) is 0 Å². The van der Waals surface area contributed by atoms with Gasteiger partial charge in [-0.1, -0.05) is 0 Å². The van der Waals surface area contributed by atoms with Gasteiger partial charge in [0, 0.05) is 37.3 Å². The molecule has 1 unspecified atom stereocenters. The molecule has 2 saturated heterocycles. The molecule has 2 N–H and O–H groups in total. The minimum Gasteiger partial charge on any atom is -0.376 e. The summed E-state index contributed by atoms with van der Waals surface area (Å²) >= 11 is 5.42. The number of nitrogens with one attached hydrogen (secondary N) is 2. The largest absolute Gasteiger partial charge is 0.376 e. The van der Waals surface area contributed by atoms with E-state index in [2.05, 4.69) is 40.7 Å². The van der Waals surface area contributed by atoms with E-state index in [0.717, 1.165) is 56.1 Å². The Hall–Kier alpha value is -1.92. The Morgan fingerprint density at radius 2 is 2.12 bits per heavy atom. The maximum atomic E-state index is 5.62. The summed E-state index contributed by atoms with van der Waals surface area (Å²) < 4.78 is 5.62. The number of thiocarbonyl (C=S) groups is 1. The molecule has 0 radical (unpaired) electrons. The number of hydrogen-bond acceptors (Lipinski definition) is 4. The monoisotopic (exact) mass is 370 g/mol. The Morgan fingerprint density at radius 1 is 1.27 bits per heavy atom. The molecular weight excluding hydrogens is 344 g/mol. The average Bonchev–Trinajstić information content (AvgIpc) is 3.34. The summed E-state index contributed by atoms with van der Waals surface area (Å²) in [5.41, 5.74) is 3.27. The molecule has 2 fully saturated rings. The Kier molecular flexibility index (Phi) is 5.22. The lowest BCUT2D eigenvalue weighted by atomic mass is 10.1. The van der Waals surface area contributed by atoms with E-state index in [9.17, 15) is 0 Å². The van der Waals surface area contributed by atoms with Crippen LogP contribution >= 0.6 is 12.2 Å². The van der Waals surface area contributed by atoms with Crippen LogP contribution in [0.1, 0.15) is 31.2 Å². The normalized spacial score (nSPS) is 19.9. The van der Waals surface area contributed by atoms with Gasteiger partial charge in [-0.2, -0.15) is 0 Å². The number of aromatic nitrogens is 1. The molecule has 0 aliphatic carbocycles. The van der Waals surface area contributed by atoms with E-state index in [1.54, 1.807) is 0 Å². The highest BCUT2D eigenvalue weighted by atomic mass is 32.1. The van der Waals surface area contributed by atoms with Gasteiger partial charge in [-0.25, -0.2) is 4.98 Å². The SMILES string of the molecule is Cc1cc(N2CCCC2)nc2ccc(NC(=S)NCC3CCCO3)cc12. The Labute approximate surface area is 160 Å². The van der Waals surface area contributed by atoms with Gasteiger partial charge in [-0.05, 0) is 74.7 Å². The van der Waals surface area contributed by atoms with Crippen molar-refractivity contribution in [3.8, 4) is 0 Å². The van der Waals surface area contributed by atoms with E-state index in [1.165, 1.54) is 23.8 Å². The minimum atomic E-state index is 0.279. The number of pyridine rings is 1. The topological polar surface area (TPSA) is 49.4 Å². The number of ether oxygens (including phenoxy) is 1. The van der Waals surface area contributed by atoms with Crippen molar-refractivity contribution in [3.63, 3.8) is 0 Å². The third-order valence-electron chi connectivity index (χ3n) is 5.20. The second-order valence-electron chi connectivity index (χ2n) is 7.19. The van der Waals surface area contributed by atoms with Gasteiger partial charge in [-0.3, -0.25) is 0 Å². The Balaban J connectivity index is 1.45. The molecule has 3 heterocycles. The highest BCUT2D eigenvalue weighted by molar-refractivity contribution is 7.80. The Morgan fingerprint density at radius 3 is 2.88 bits per heavy atom. The van der Waals surface area contributed by atoms with Crippen molar-refractivity contribution in [1.82, 2.24) is 10.3 Å². The molecule has 2 aromatic rings. The second kappa shape index (κ2) is 7.76. The predicted octanol–water partition coefficient (Wildman–Crippen LogP) is 3.61. The molecule has 1 atom stereocenters. The van der Waals surface area contributed by atoms with Crippen molar-refractivity contribution < 1.29 is 4.74 Å². The van der Waals surface area contributed by atoms with Gasteiger partial charge in [0.15, 0.2) is 5.11 Å². The lowest BCUT2D eigenvalue weighted by molar-refractivity contribution is 0.114. The van der Waals surface area contributed by atoms with Crippen LogP contribution in [0.4, 0.5) is 11.5 Å². The highest BCUT2D eigenvalue weighted by Gasteiger charge is 2.16. The summed E-state index contributed by atoms with van der Waals surface area (Å²) in [4.78, 5) is 7.24. The number of rotatable bonds is 4. The minimum absolute atomic E-state index is 0.279. The molecule has 0 bridgehead atoms. The smallest absolute Gasteiger partial charge is 0.170 e. The summed E-state index contributed by atoms with van der Waals surface area (Å²) in [6, 6.07) is 8.45. The fraction of sp³-hybridized carbons (Fsp3) is 0.500. The zero-order valence-corrected chi connectivity index (χ0v) is 16.1. The van der Waals surface area contributed by atoms with E-state index in [0.29, 0.717) is 5.11 Å². The van der Waals surface area contributed by atoms with Crippen molar-refractivity contribution >= 4 is 39.7 Å². The Bertz CT molecular complexity index is 798. The molecule has 1 aromatic carbocycles. The van der Waals surface area contributed by atoms with Crippen LogP contribution in [0.15, 0.2) is 24.3 Å². The molecule has 0 spiro atoms. The maximum Gasteiger partial charge on any atom is 0.170 e. The van der Waals surface area contributed by atoms with Crippen LogP contribution in [0.5, 0.6) is 0 Å². The quantitative estimate of drug-likeness (QED) is 0.802. The van der Waals surface area contributed by atoms with Crippen molar-refractivity contribution in [3.05, 3.63) is 29.8 Å². The van der Waals surface area contributed by atoms with Crippen molar-refractivity contribution in [2.24, 2.45) is 0 Å². The van der Waals surface area contributed by atoms with Crippen LogP contribution in [0, 0.1) is 6.92 Å². The molecule has 4 rings (SSSR count). The van der Waals surface area contributed by atoms with E-state index >= 15 is 0 Å². The van der Waals surface area contributed by atoms with E-state index in [1.807, 2.05) is 6.07 Å². The summed E-state index contributed by atoms with van der Waals surface area (Å²) in [5, 5.41) is 8.34. The first-order valence-corrected chi connectivity index (χ1v) is 9.93. The standard InChI is InChI=1S/C20H26N4OS/c1-14-11-19(24-8-2-3-9-24)23-18-7-6-15(12-17(14)18)22-20(26)21-13-16-5-4-10-25-16/h6-7,11-12,16H,2-5,8-10,13H2,1H3,(H2,21,22,26). The number of benzene rings is 1. The van der Waals surface area contributed by atoms with E-state index in [-0.39, 0.29) is 6.10 Å². The molecule has 2 aliphatic rings. The molecule has 26 heavy (non-hydrogen) atoms. The van der Waals surface area contributed by atoms with E-state index in [4.69, 9.17) is 21.9 Å². The number of fused-ring (bicyclic) bond motifs is 1. The van der Waals surface area contributed by atoms with Gasteiger partial charge in [0.05, 0.1) is 11.6 Å². The average molecular weight is 371 g/mol. The van der Waals surface area contributed by atoms with Crippen LogP contribution in [0.3, 0.4) is 0 Å². The predicted molar refractivity (Wildman–Crippen MR) is 111 cm³/mol. The lowest BCUT2D eigenvalue weighted by Crippen LogP contribution is -2.34. The third kappa shape index (κ3) is 3.91. The number of anilines is 2. The zero-order valence-electron chi connectivity index (χ0n) is 15.3. The zero-order chi connectivity index (χ0) is 17.9. The first-order chi connectivity index (χ1) is 12.7. The summed E-state index contributed by atoms with van der Waals surface area (Å²) in [7, 11) is 0. The molecule has 1 aromatic heterocycles. The van der Waals surface area contributed by atoms with Crippen LogP contribution in [0.25, 0.3) is 10.9 Å². The molecule has 5 nitrogen and oxygen atoms in total. The number of aryl methyl sites for hydroxylation is 1. The van der Waals surface area contributed by atoms with Crippen LogP contribution in [-0.4, -0.2) is 42.4 Å². The maximum absolute atomic E-state index is 5.62. The first-order valence-electron chi connectivity index (χ1n) is 9.52. The molecular formula is C20H26N4OS. The van der Waals surface area contributed by atoms with Gasteiger partial charge < -0.3 is 20.3 Å². The van der Waals surface area contributed by atoms with Crippen molar-refractivity contribution in [2.75, 3.05) is 36.5 Å². The molecule has 0 saturated carbocycles. The highest BCUT2D eigenvalue weighted by Crippen LogP contribution is 2.27. The second-order valence-corrected chi connectivity index (χ2v) is 7.60. The molecule has 6 heteroatoms. The van der Waals surface area contributed by atoms with Crippen LogP contribution in [0.2, 0.25) is 0 Å². The summed E-state index contributed by atoms with van der Waals surface area (Å²) in [6.07, 6.45) is 5.05. The lowest BCUT2D eigenvalue weighted by Gasteiger charge is -2.18. The fourth-order valence-electron chi connectivity index (χ4n) is 3.75. The van der Waals surface area contributed by atoms with Gasteiger partial charge in [0.25, 0.3) is 0 Å². The number of nitrogens with zero attached hydrogens (tertiary/aromatic N) is 2.